The maximum absolute atomic E-state index is 8.47. The standard InChI is InChI=1S/C10H17NO/c1-12-10-7-3-2-5-9(10)6-4-8-11/h9-10H,2-7H2,1H3/t9-,10-/m0/s1. The Morgan fingerprint density at radius 1 is 1.42 bits per heavy atom. The molecule has 0 spiro atoms. The summed E-state index contributed by atoms with van der Waals surface area (Å²) in [5, 5.41) is 8.47. The predicted molar refractivity (Wildman–Crippen MR) is 47.6 cm³/mol. The van der Waals surface area contributed by atoms with Gasteiger partial charge in [-0.3, -0.25) is 0 Å². The molecule has 0 saturated heterocycles. The zero-order chi connectivity index (χ0) is 8.81. The van der Waals surface area contributed by atoms with Gasteiger partial charge in [0, 0.05) is 13.5 Å². The monoisotopic (exact) mass is 167 g/mol. The van der Waals surface area contributed by atoms with Crippen molar-refractivity contribution >= 4 is 0 Å². The van der Waals surface area contributed by atoms with Gasteiger partial charge in [-0.25, -0.2) is 0 Å². The molecule has 2 nitrogen and oxygen atoms in total. The molecule has 0 N–H and O–H groups in total. The summed E-state index contributed by atoms with van der Waals surface area (Å²) < 4.78 is 5.39. The van der Waals surface area contributed by atoms with Crippen molar-refractivity contribution in [3.63, 3.8) is 0 Å². The van der Waals surface area contributed by atoms with Crippen molar-refractivity contribution in [1.82, 2.24) is 0 Å². The molecule has 2 heteroatoms. The maximum Gasteiger partial charge on any atom is 0.0621 e. The Morgan fingerprint density at radius 3 is 2.83 bits per heavy atom. The van der Waals surface area contributed by atoms with Crippen LogP contribution in [0.5, 0.6) is 0 Å². The quantitative estimate of drug-likeness (QED) is 0.647. The summed E-state index contributed by atoms with van der Waals surface area (Å²) in [5.41, 5.74) is 0. The molecule has 0 amide bonds. The van der Waals surface area contributed by atoms with E-state index in [1.807, 2.05) is 0 Å². The molecule has 1 rings (SSSR count). The van der Waals surface area contributed by atoms with Crippen LogP contribution < -0.4 is 0 Å². The zero-order valence-electron chi connectivity index (χ0n) is 7.75. The van der Waals surface area contributed by atoms with Crippen molar-refractivity contribution in [2.24, 2.45) is 5.92 Å². The first kappa shape index (κ1) is 9.54. The molecule has 2 atom stereocenters. The molecule has 68 valence electrons. The van der Waals surface area contributed by atoms with Crippen LogP contribution in [-0.4, -0.2) is 13.2 Å². The van der Waals surface area contributed by atoms with E-state index >= 15 is 0 Å². The van der Waals surface area contributed by atoms with Crippen LogP contribution in [0.4, 0.5) is 0 Å². The molecule has 1 fully saturated rings. The molecule has 1 aliphatic carbocycles. The van der Waals surface area contributed by atoms with Crippen molar-refractivity contribution in [1.29, 1.82) is 5.26 Å². The van der Waals surface area contributed by atoms with Gasteiger partial charge in [0.1, 0.15) is 0 Å². The zero-order valence-corrected chi connectivity index (χ0v) is 7.75. The van der Waals surface area contributed by atoms with Crippen LogP contribution in [0.1, 0.15) is 38.5 Å². The van der Waals surface area contributed by atoms with E-state index in [1.54, 1.807) is 7.11 Å². The number of nitriles is 1. The number of hydrogen-bond acceptors (Lipinski definition) is 2. The largest absolute Gasteiger partial charge is 0.381 e. The summed E-state index contributed by atoms with van der Waals surface area (Å²) in [5.74, 6) is 0.642. The van der Waals surface area contributed by atoms with Crippen LogP contribution in [-0.2, 0) is 4.74 Å². The number of methoxy groups -OCH3 is 1. The SMILES string of the molecule is CO[C@H]1CCCC[C@H]1CCC#N. The van der Waals surface area contributed by atoms with E-state index in [1.165, 1.54) is 25.7 Å². The Balaban J connectivity index is 2.32. The Kier molecular flexibility index (Phi) is 4.10. The van der Waals surface area contributed by atoms with Crippen LogP contribution in [0.3, 0.4) is 0 Å². The summed E-state index contributed by atoms with van der Waals surface area (Å²) in [4.78, 5) is 0. The second-order valence-electron chi connectivity index (χ2n) is 3.52. The van der Waals surface area contributed by atoms with Crippen LogP contribution in [0.15, 0.2) is 0 Å². The summed E-state index contributed by atoms with van der Waals surface area (Å²) in [6.07, 6.45) is 7.18. The molecule has 1 saturated carbocycles. The van der Waals surface area contributed by atoms with Crippen LogP contribution in [0, 0.1) is 17.2 Å². The van der Waals surface area contributed by atoms with E-state index in [4.69, 9.17) is 10.00 Å². The van der Waals surface area contributed by atoms with Crippen molar-refractivity contribution in [2.45, 2.75) is 44.6 Å². The molecule has 0 aromatic rings. The lowest BCUT2D eigenvalue weighted by Crippen LogP contribution is -2.26. The average Bonchev–Trinajstić information content (AvgIpc) is 2.15. The van der Waals surface area contributed by atoms with Gasteiger partial charge in [0.05, 0.1) is 12.2 Å². The predicted octanol–water partition coefficient (Wildman–Crippen LogP) is 2.50. The van der Waals surface area contributed by atoms with E-state index < -0.39 is 0 Å². The summed E-state index contributed by atoms with van der Waals surface area (Å²) in [7, 11) is 1.79. The molecule has 12 heavy (non-hydrogen) atoms. The Morgan fingerprint density at radius 2 is 2.17 bits per heavy atom. The second-order valence-corrected chi connectivity index (χ2v) is 3.52. The average molecular weight is 167 g/mol. The first-order chi connectivity index (χ1) is 5.88. The second kappa shape index (κ2) is 5.16. The third-order valence-corrected chi connectivity index (χ3v) is 2.77. The third-order valence-electron chi connectivity index (χ3n) is 2.77. The first-order valence-corrected chi connectivity index (χ1v) is 4.78. The Labute approximate surface area is 74.5 Å². The summed E-state index contributed by atoms with van der Waals surface area (Å²) in [6, 6.07) is 2.20. The number of rotatable bonds is 3. The highest BCUT2D eigenvalue weighted by molar-refractivity contribution is 4.79. The molecule has 0 heterocycles. The highest BCUT2D eigenvalue weighted by Gasteiger charge is 2.23. The minimum Gasteiger partial charge on any atom is -0.381 e. The molecule has 0 radical (unpaired) electrons. The molecule has 0 aromatic heterocycles. The fourth-order valence-corrected chi connectivity index (χ4v) is 2.06. The number of ether oxygens (including phenoxy) is 1. The van der Waals surface area contributed by atoms with Gasteiger partial charge in [0.2, 0.25) is 0 Å². The lowest BCUT2D eigenvalue weighted by molar-refractivity contribution is 0.0210. The van der Waals surface area contributed by atoms with Crippen molar-refractivity contribution in [2.75, 3.05) is 7.11 Å². The smallest absolute Gasteiger partial charge is 0.0621 e. The van der Waals surface area contributed by atoms with Gasteiger partial charge in [-0.1, -0.05) is 12.8 Å². The minimum absolute atomic E-state index is 0.423. The van der Waals surface area contributed by atoms with E-state index in [0.29, 0.717) is 18.4 Å². The highest BCUT2D eigenvalue weighted by atomic mass is 16.5. The topological polar surface area (TPSA) is 33.0 Å². The third kappa shape index (κ3) is 2.49. The minimum atomic E-state index is 0.423. The van der Waals surface area contributed by atoms with Gasteiger partial charge in [-0.05, 0) is 25.2 Å². The number of nitrogens with zero attached hydrogens (tertiary/aromatic N) is 1. The van der Waals surface area contributed by atoms with E-state index in [9.17, 15) is 0 Å². The fourth-order valence-electron chi connectivity index (χ4n) is 2.06. The lowest BCUT2D eigenvalue weighted by atomic mass is 9.83. The summed E-state index contributed by atoms with van der Waals surface area (Å²) >= 11 is 0. The van der Waals surface area contributed by atoms with Gasteiger partial charge in [-0.15, -0.1) is 0 Å². The number of hydrogen-bond donors (Lipinski definition) is 0. The molecule has 1 aliphatic rings. The molecule has 0 aliphatic heterocycles. The molecular formula is C10H17NO. The maximum atomic E-state index is 8.47. The Bertz CT molecular complexity index is 162. The fraction of sp³-hybridized carbons (Fsp3) is 0.900. The molecule has 0 unspecified atom stereocenters. The van der Waals surface area contributed by atoms with E-state index in [-0.39, 0.29) is 0 Å². The van der Waals surface area contributed by atoms with Crippen LogP contribution >= 0.6 is 0 Å². The molecule has 0 aromatic carbocycles. The van der Waals surface area contributed by atoms with Crippen molar-refractivity contribution in [3.8, 4) is 6.07 Å². The van der Waals surface area contributed by atoms with Gasteiger partial charge in [0.25, 0.3) is 0 Å². The van der Waals surface area contributed by atoms with Crippen molar-refractivity contribution in [3.05, 3.63) is 0 Å². The first-order valence-electron chi connectivity index (χ1n) is 4.78. The normalized spacial score (nSPS) is 29.7. The molecule has 0 bridgehead atoms. The lowest BCUT2D eigenvalue weighted by Gasteiger charge is -2.29. The summed E-state index contributed by atoms with van der Waals surface area (Å²) in [6.45, 7) is 0. The van der Waals surface area contributed by atoms with Crippen LogP contribution in [0.2, 0.25) is 0 Å². The highest BCUT2D eigenvalue weighted by Crippen LogP contribution is 2.29. The van der Waals surface area contributed by atoms with Gasteiger partial charge >= 0.3 is 0 Å². The van der Waals surface area contributed by atoms with Gasteiger partial charge < -0.3 is 4.74 Å². The van der Waals surface area contributed by atoms with Gasteiger partial charge in [-0.2, -0.15) is 5.26 Å². The Hall–Kier alpha value is -0.550. The van der Waals surface area contributed by atoms with Crippen molar-refractivity contribution < 1.29 is 4.74 Å². The van der Waals surface area contributed by atoms with E-state index in [0.717, 1.165) is 6.42 Å². The van der Waals surface area contributed by atoms with E-state index in [2.05, 4.69) is 6.07 Å². The van der Waals surface area contributed by atoms with Crippen LogP contribution in [0.25, 0.3) is 0 Å². The molecular weight excluding hydrogens is 150 g/mol. The van der Waals surface area contributed by atoms with Gasteiger partial charge in [0.15, 0.2) is 0 Å².